The molecule has 206 valence electrons. The van der Waals surface area contributed by atoms with Gasteiger partial charge in [0.05, 0.1) is 28.7 Å². The van der Waals surface area contributed by atoms with Crippen molar-refractivity contribution in [3.63, 3.8) is 0 Å². The van der Waals surface area contributed by atoms with Gasteiger partial charge in [0.25, 0.3) is 0 Å². The van der Waals surface area contributed by atoms with Crippen LogP contribution in [0.5, 0.6) is 0 Å². The maximum atomic E-state index is 11.3. The van der Waals surface area contributed by atoms with Gasteiger partial charge in [-0.2, -0.15) is 14.3 Å². The highest BCUT2D eigenvalue weighted by Gasteiger charge is 2.31. The Kier molecular flexibility index (Phi) is 8.70. The monoisotopic (exact) mass is 542 g/mol. The highest BCUT2D eigenvalue weighted by atomic mass is 32.1. The van der Waals surface area contributed by atoms with Gasteiger partial charge in [-0.1, -0.05) is 0 Å². The molecule has 12 heteroatoms. The minimum absolute atomic E-state index is 0.183. The summed E-state index contributed by atoms with van der Waals surface area (Å²) in [5.74, 6) is 0.430. The number of carbonyl (C=O) groups is 1. The summed E-state index contributed by atoms with van der Waals surface area (Å²) >= 11 is 1.37. The number of nitrogens with one attached hydrogen (secondary N) is 2. The minimum atomic E-state index is -0.651. The maximum Gasteiger partial charge on any atom is 0.306 e. The van der Waals surface area contributed by atoms with E-state index in [4.69, 9.17) is 20.4 Å². The molecular weight excluding hydrogens is 504 g/mol. The number of anilines is 2. The summed E-state index contributed by atoms with van der Waals surface area (Å²) in [6, 6.07) is 1.08. The first-order chi connectivity index (χ1) is 18.5. The number of nitrogens with zero attached hydrogens (tertiary/aromatic N) is 5. The topological polar surface area (TPSA) is 151 Å². The average Bonchev–Trinajstić information content (AvgIpc) is 3.32. The van der Waals surface area contributed by atoms with Crippen molar-refractivity contribution >= 4 is 45.7 Å². The Morgan fingerprint density at radius 3 is 2.55 bits per heavy atom. The SMILES string of the molecule is Cc1nsc2nc(NC(C=NC3CCOCC3)=CN)nc(NC3CCC(N4CCC(C(=O)O)CC4)CC3)c12. The van der Waals surface area contributed by atoms with Crippen molar-refractivity contribution in [2.45, 2.75) is 76.4 Å². The number of piperidine rings is 1. The first-order valence-corrected chi connectivity index (χ1v) is 14.4. The molecule has 5 rings (SSSR count). The van der Waals surface area contributed by atoms with E-state index in [0.717, 1.165) is 99.4 Å². The van der Waals surface area contributed by atoms with Gasteiger partial charge in [-0.3, -0.25) is 9.79 Å². The second-order valence-electron chi connectivity index (χ2n) is 10.5. The van der Waals surface area contributed by atoms with E-state index in [1.165, 1.54) is 17.7 Å². The van der Waals surface area contributed by atoms with Gasteiger partial charge in [-0.05, 0) is 82.9 Å². The number of hydrogen-bond acceptors (Lipinski definition) is 11. The van der Waals surface area contributed by atoms with Crippen LogP contribution in [0.1, 0.15) is 57.1 Å². The summed E-state index contributed by atoms with van der Waals surface area (Å²) in [4.78, 5) is 28.8. The molecule has 38 heavy (non-hydrogen) atoms. The molecule has 3 aliphatic rings. The highest BCUT2D eigenvalue weighted by molar-refractivity contribution is 7.13. The van der Waals surface area contributed by atoms with Crippen LogP contribution in [0.25, 0.3) is 10.2 Å². The van der Waals surface area contributed by atoms with Gasteiger partial charge in [0.2, 0.25) is 5.95 Å². The molecule has 3 fully saturated rings. The number of carboxylic acid groups (broad SMARTS) is 1. The standard InChI is InChI=1S/C26H38N8O3S/c1-16-22-23(29-19-2-4-21(5-3-19)34-10-6-17(7-11-34)25(35)36)31-26(32-24(22)38-33-16)30-20(14-27)15-28-18-8-12-37-13-9-18/h14-15,17-19,21H,2-13,27H2,1H3,(H,35,36)(H2,29,30,31,32). The van der Waals surface area contributed by atoms with Crippen LogP contribution in [0, 0.1) is 12.8 Å². The molecule has 0 radical (unpaired) electrons. The zero-order valence-electron chi connectivity index (χ0n) is 21.9. The predicted molar refractivity (Wildman–Crippen MR) is 150 cm³/mol. The normalized spacial score (nSPS) is 24.7. The molecule has 2 aliphatic heterocycles. The summed E-state index contributed by atoms with van der Waals surface area (Å²) in [5, 5.41) is 17.2. The fraction of sp³-hybridized carbons (Fsp3) is 0.654. The van der Waals surface area contributed by atoms with E-state index in [1.807, 2.05) is 6.92 Å². The molecule has 0 unspecified atom stereocenters. The molecule has 0 amide bonds. The second-order valence-corrected chi connectivity index (χ2v) is 11.3. The molecule has 1 saturated carbocycles. The van der Waals surface area contributed by atoms with Crippen LogP contribution in [0.15, 0.2) is 16.9 Å². The molecule has 5 N–H and O–H groups in total. The molecule has 1 aliphatic carbocycles. The van der Waals surface area contributed by atoms with Gasteiger partial charge in [0.15, 0.2) is 4.83 Å². The number of aromatic nitrogens is 3. The van der Waals surface area contributed by atoms with Crippen LogP contribution in [-0.2, 0) is 9.53 Å². The molecule has 11 nitrogen and oxygen atoms in total. The van der Waals surface area contributed by atoms with E-state index >= 15 is 0 Å². The molecule has 0 bridgehead atoms. The van der Waals surface area contributed by atoms with E-state index in [2.05, 4.69) is 24.9 Å². The number of carboxylic acids is 1. The minimum Gasteiger partial charge on any atom is -0.481 e. The van der Waals surface area contributed by atoms with Gasteiger partial charge < -0.3 is 31.1 Å². The molecule has 2 aromatic heterocycles. The lowest BCUT2D eigenvalue weighted by Gasteiger charge is -2.40. The van der Waals surface area contributed by atoms with E-state index in [-0.39, 0.29) is 12.0 Å². The Labute approximate surface area is 227 Å². The lowest BCUT2D eigenvalue weighted by atomic mass is 9.87. The number of likely N-dealkylation sites (tertiary alicyclic amines) is 1. The van der Waals surface area contributed by atoms with Crippen molar-refractivity contribution in [2.75, 3.05) is 36.9 Å². The van der Waals surface area contributed by atoms with Gasteiger partial charge in [0, 0.05) is 37.7 Å². The van der Waals surface area contributed by atoms with Crippen LogP contribution in [0.3, 0.4) is 0 Å². The Morgan fingerprint density at radius 1 is 1.13 bits per heavy atom. The van der Waals surface area contributed by atoms with Crippen molar-refractivity contribution in [1.29, 1.82) is 0 Å². The Balaban J connectivity index is 1.22. The largest absolute Gasteiger partial charge is 0.481 e. The Morgan fingerprint density at radius 2 is 1.87 bits per heavy atom. The number of rotatable bonds is 8. The zero-order valence-corrected chi connectivity index (χ0v) is 22.8. The molecule has 0 spiro atoms. The van der Waals surface area contributed by atoms with E-state index in [9.17, 15) is 9.90 Å². The smallest absolute Gasteiger partial charge is 0.306 e. The van der Waals surface area contributed by atoms with Crippen molar-refractivity contribution in [1.82, 2.24) is 19.2 Å². The number of ether oxygens (including phenoxy) is 1. The van der Waals surface area contributed by atoms with E-state index < -0.39 is 5.97 Å². The second kappa shape index (κ2) is 12.4. The fourth-order valence-corrected chi connectivity index (χ4v) is 6.48. The zero-order chi connectivity index (χ0) is 26.5. The Hall–Kier alpha value is -2.83. The molecule has 0 aromatic carbocycles. The lowest BCUT2D eigenvalue weighted by Crippen LogP contribution is -2.45. The van der Waals surface area contributed by atoms with Crippen LogP contribution in [0.4, 0.5) is 11.8 Å². The highest BCUT2D eigenvalue weighted by Crippen LogP contribution is 2.32. The quantitative estimate of drug-likeness (QED) is 0.365. The third-order valence-corrected chi connectivity index (χ3v) is 8.82. The maximum absolute atomic E-state index is 11.3. The number of fused-ring (bicyclic) bond motifs is 1. The van der Waals surface area contributed by atoms with Crippen molar-refractivity contribution in [2.24, 2.45) is 16.6 Å². The lowest BCUT2D eigenvalue weighted by molar-refractivity contribution is -0.143. The van der Waals surface area contributed by atoms with E-state index in [1.54, 1.807) is 6.21 Å². The van der Waals surface area contributed by atoms with Gasteiger partial charge in [-0.25, -0.2) is 0 Å². The summed E-state index contributed by atoms with van der Waals surface area (Å²) in [6.07, 6.45) is 10.9. The average molecular weight is 543 g/mol. The number of aliphatic imine (C=N–C) groups is 1. The van der Waals surface area contributed by atoms with E-state index in [0.29, 0.717) is 23.7 Å². The van der Waals surface area contributed by atoms with Gasteiger partial charge >= 0.3 is 5.97 Å². The van der Waals surface area contributed by atoms with Gasteiger partial charge in [0.1, 0.15) is 5.82 Å². The first-order valence-electron chi connectivity index (χ1n) is 13.7. The predicted octanol–water partition coefficient (Wildman–Crippen LogP) is 3.38. The fourth-order valence-electron chi connectivity index (χ4n) is 5.71. The third-order valence-electron chi connectivity index (χ3n) is 7.99. The number of aliphatic carboxylic acids is 1. The molecule has 2 saturated heterocycles. The van der Waals surface area contributed by atoms with Crippen molar-refractivity contribution < 1.29 is 14.6 Å². The molecule has 4 heterocycles. The van der Waals surface area contributed by atoms with Crippen molar-refractivity contribution in [3.8, 4) is 0 Å². The third kappa shape index (κ3) is 6.41. The van der Waals surface area contributed by atoms with Crippen LogP contribution < -0.4 is 16.4 Å². The van der Waals surface area contributed by atoms with Crippen LogP contribution in [0.2, 0.25) is 0 Å². The summed E-state index contributed by atoms with van der Waals surface area (Å²) in [7, 11) is 0. The van der Waals surface area contributed by atoms with Crippen LogP contribution >= 0.6 is 11.5 Å². The number of allylic oxidation sites excluding steroid dienone is 1. The number of nitrogens with two attached hydrogens (primary N) is 1. The molecule has 2 aromatic rings. The summed E-state index contributed by atoms with van der Waals surface area (Å²) < 4.78 is 9.94. The van der Waals surface area contributed by atoms with Crippen molar-refractivity contribution in [3.05, 3.63) is 17.6 Å². The van der Waals surface area contributed by atoms with Gasteiger partial charge in [-0.15, -0.1) is 0 Å². The summed E-state index contributed by atoms with van der Waals surface area (Å²) in [6.45, 7) is 5.24. The number of hydrogen-bond donors (Lipinski definition) is 4. The summed E-state index contributed by atoms with van der Waals surface area (Å²) in [5.41, 5.74) is 7.45. The first kappa shape index (κ1) is 26.8. The molecular formula is C26H38N8O3S. The van der Waals surface area contributed by atoms with Crippen LogP contribution in [-0.4, -0.2) is 81.0 Å². The molecule has 0 atom stereocenters. The Bertz CT molecular complexity index is 1160. The number of aryl methyl sites for hydroxylation is 1.